The molecule has 0 saturated carbocycles. The zero-order valence-electron chi connectivity index (χ0n) is 15.2. The summed E-state index contributed by atoms with van der Waals surface area (Å²) in [5.74, 6) is 0.935. The Bertz CT molecular complexity index is 490. The van der Waals surface area contributed by atoms with Gasteiger partial charge in [-0.1, -0.05) is 44.0 Å². The molecule has 4 nitrogen and oxygen atoms in total. The van der Waals surface area contributed by atoms with Crippen molar-refractivity contribution in [3.63, 3.8) is 0 Å². The van der Waals surface area contributed by atoms with Crippen molar-refractivity contribution < 1.29 is 0 Å². The molecule has 0 fully saturated rings. The quantitative estimate of drug-likeness (QED) is 0.280. The minimum absolute atomic E-state index is 0. The van der Waals surface area contributed by atoms with E-state index in [1.54, 1.807) is 0 Å². The number of nitrogens with zero attached hydrogens (tertiary/aromatic N) is 2. The normalized spacial score (nSPS) is 14.7. The van der Waals surface area contributed by atoms with Crippen LogP contribution < -0.4 is 10.6 Å². The molecule has 1 aliphatic heterocycles. The van der Waals surface area contributed by atoms with Crippen molar-refractivity contribution in [1.82, 2.24) is 15.5 Å². The van der Waals surface area contributed by atoms with Crippen LogP contribution in [-0.2, 0) is 13.0 Å². The summed E-state index contributed by atoms with van der Waals surface area (Å²) in [6.45, 7) is 7.64. The Morgan fingerprint density at radius 3 is 2.50 bits per heavy atom. The summed E-state index contributed by atoms with van der Waals surface area (Å²) in [4.78, 5) is 6.84. The summed E-state index contributed by atoms with van der Waals surface area (Å²) in [5, 5.41) is 6.80. The molecule has 24 heavy (non-hydrogen) atoms. The summed E-state index contributed by atoms with van der Waals surface area (Å²) < 4.78 is 0. The van der Waals surface area contributed by atoms with E-state index >= 15 is 0 Å². The molecule has 0 aliphatic carbocycles. The monoisotopic (exact) mass is 444 g/mol. The zero-order valence-corrected chi connectivity index (χ0v) is 17.5. The van der Waals surface area contributed by atoms with Crippen molar-refractivity contribution in [2.45, 2.75) is 45.6 Å². The van der Waals surface area contributed by atoms with Gasteiger partial charge in [-0.05, 0) is 30.4 Å². The van der Waals surface area contributed by atoms with Crippen LogP contribution in [0.2, 0.25) is 0 Å². The molecule has 1 aromatic carbocycles. The first-order valence-electron chi connectivity index (χ1n) is 9.07. The van der Waals surface area contributed by atoms with E-state index < -0.39 is 0 Å². The van der Waals surface area contributed by atoms with Crippen LogP contribution in [0.5, 0.6) is 0 Å². The highest BCUT2D eigenvalue weighted by atomic mass is 127. The molecule has 136 valence electrons. The molecule has 0 spiro atoms. The second-order valence-corrected chi connectivity index (χ2v) is 6.28. The van der Waals surface area contributed by atoms with Crippen molar-refractivity contribution in [3.8, 4) is 0 Å². The highest BCUT2D eigenvalue weighted by Gasteiger charge is 2.14. The van der Waals surface area contributed by atoms with Gasteiger partial charge in [-0.2, -0.15) is 0 Å². The molecule has 0 radical (unpaired) electrons. The van der Waals surface area contributed by atoms with E-state index in [0.717, 1.165) is 38.6 Å². The van der Waals surface area contributed by atoms with Gasteiger partial charge in [0.2, 0.25) is 0 Å². The number of hydrogen-bond acceptors (Lipinski definition) is 2. The highest BCUT2D eigenvalue weighted by molar-refractivity contribution is 14.0. The Kier molecular flexibility index (Phi) is 11.1. The Hall–Kier alpha value is -0.820. The van der Waals surface area contributed by atoms with Gasteiger partial charge in [-0.3, -0.25) is 9.89 Å². The molecule has 1 aliphatic rings. The molecule has 5 heteroatoms. The molecule has 0 aromatic heterocycles. The Labute approximate surface area is 164 Å². The average molecular weight is 444 g/mol. The van der Waals surface area contributed by atoms with E-state index in [1.807, 2.05) is 7.05 Å². The van der Waals surface area contributed by atoms with Crippen molar-refractivity contribution in [2.75, 3.05) is 33.2 Å². The third-order valence-corrected chi connectivity index (χ3v) is 4.45. The van der Waals surface area contributed by atoms with Gasteiger partial charge in [0.25, 0.3) is 0 Å². The highest BCUT2D eigenvalue weighted by Crippen LogP contribution is 2.18. The molecule has 0 saturated heterocycles. The predicted octanol–water partition coefficient (Wildman–Crippen LogP) is 3.41. The molecular formula is C19H33IN4. The second kappa shape index (κ2) is 12.5. The summed E-state index contributed by atoms with van der Waals surface area (Å²) in [6.07, 6.45) is 6.08. The smallest absolute Gasteiger partial charge is 0.190 e. The lowest BCUT2D eigenvalue weighted by Gasteiger charge is -2.28. The lowest BCUT2D eigenvalue weighted by molar-refractivity contribution is 0.251. The van der Waals surface area contributed by atoms with Gasteiger partial charge in [-0.25, -0.2) is 0 Å². The fourth-order valence-electron chi connectivity index (χ4n) is 3.06. The number of rotatable bonds is 8. The van der Waals surface area contributed by atoms with Crippen molar-refractivity contribution in [3.05, 3.63) is 35.4 Å². The minimum atomic E-state index is 0. The van der Waals surface area contributed by atoms with Crippen LogP contribution >= 0.6 is 24.0 Å². The standard InChI is InChI=1S/C19H32N4.HI/c1-3-4-7-12-21-19(20-2)22-13-8-14-23-15-11-17-9-5-6-10-18(17)16-23;/h5-6,9-10H,3-4,7-8,11-16H2,1-2H3,(H2,20,21,22);1H. The maximum Gasteiger partial charge on any atom is 0.190 e. The number of guanidine groups is 1. The number of benzene rings is 1. The molecule has 2 N–H and O–H groups in total. The molecule has 0 atom stereocenters. The van der Waals surface area contributed by atoms with Crippen LogP contribution in [-0.4, -0.2) is 44.1 Å². The van der Waals surface area contributed by atoms with Gasteiger partial charge in [0.1, 0.15) is 0 Å². The van der Waals surface area contributed by atoms with E-state index in [9.17, 15) is 0 Å². The van der Waals surface area contributed by atoms with Crippen LogP contribution in [0.15, 0.2) is 29.3 Å². The van der Waals surface area contributed by atoms with Crippen LogP contribution in [0, 0.1) is 0 Å². The van der Waals surface area contributed by atoms with E-state index in [0.29, 0.717) is 0 Å². The molecule has 0 unspecified atom stereocenters. The number of halogens is 1. The first-order valence-corrected chi connectivity index (χ1v) is 9.07. The first kappa shape index (κ1) is 21.2. The number of nitrogens with one attached hydrogen (secondary N) is 2. The van der Waals surface area contributed by atoms with Gasteiger partial charge < -0.3 is 10.6 Å². The Morgan fingerprint density at radius 1 is 1.08 bits per heavy atom. The summed E-state index contributed by atoms with van der Waals surface area (Å²) in [6, 6.07) is 8.83. The minimum Gasteiger partial charge on any atom is -0.356 e. The zero-order chi connectivity index (χ0) is 16.3. The molecule has 1 aromatic rings. The number of hydrogen-bond donors (Lipinski definition) is 2. The largest absolute Gasteiger partial charge is 0.356 e. The van der Waals surface area contributed by atoms with E-state index in [1.165, 1.54) is 43.4 Å². The molecular weight excluding hydrogens is 411 g/mol. The van der Waals surface area contributed by atoms with E-state index in [2.05, 4.69) is 51.7 Å². The molecule has 1 heterocycles. The third-order valence-electron chi connectivity index (χ3n) is 4.45. The van der Waals surface area contributed by atoms with Crippen molar-refractivity contribution in [2.24, 2.45) is 4.99 Å². The Morgan fingerprint density at radius 2 is 1.79 bits per heavy atom. The van der Waals surface area contributed by atoms with Crippen molar-refractivity contribution in [1.29, 1.82) is 0 Å². The van der Waals surface area contributed by atoms with Crippen molar-refractivity contribution >= 4 is 29.9 Å². The molecule has 2 rings (SSSR count). The summed E-state index contributed by atoms with van der Waals surface area (Å²) >= 11 is 0. The summed E-state index contributed by atoms with van der Waals surface area (Å²) in [5.41, 5.74) is 3.03. The van der Waals surface area contributed by atoms with Crippen LogP contribution in [0.25, 0.3) is 0 Å². The second-order valence-electron chi connectivity index (χ2n) is 6.28. The van der Waals surface area contributed by atoms with Crippen LogP contribution in [0.4, 0.5) is 0 Å². The van der Waals surface area contributed by atoms with Gasteiger partial charge in [0, 0.05) is 39.8 Å². The summed E-state index contributed by atoms with van der Waals surface area (Å²) in [7, 11) is 1.84. The van der Waals surface area contributed by atoms with E-state index in [-0.39, 0.29) is 24.0 Å². The molecule has 0 bridgehead atoms. The van der Waals surface area contributed by atoms with Crippen LogP contribution in [0.3, 0.4) is 0 Å². The number of fused-ring (bicyclic) bond motifs is 1. The van der Waals surface area contributed by atoms with E-state index in [4.69, 9.17) is 0 Å². The maximum atomic E-state index is 4.28. The van der Waals surface area contributed by atoms with Crippen LogP contribution in [0.1, 0.15) is 43.7 Å². The number of aliphatic imine (C=N–C) groups is 1. The van der Waals surface area contributed by atoms with Gasteiger partial charge in [-0.15, -0.1) is 24.0 Å². The first-order chi connectivity index (χ1) is 11.3. The fraction of sp³-hybridized carbons (Fsp3) is 0.632. The van der Waals surface area contributed by atoms with Gasteiger partial charge in [0.05, 0.1) is 0 Å². The molecule has 0 amide bonds. The lowest BCUT2D eigenvalue weighted by Crippen LogP contribution is -2.39. The lowest BCUT2D eigenvalue weighted by atomic mass is 10.00. The predicted molar refractivity (Wildman–Crippen MR) is 114 cm³/mol. The van der Waals surface area contributed by atoms with Gasteiger partial charge >= 0.3 is 0 Å². The number of unbranched alkanes of at least 4 members (excludes halogenated alkanes) is 2. The average Bonchev–Trinajstić information content (AvgIpc) is 2.60. The third kappa shape index (κ3) is 7.38. The van der Waals surface area contributed by atoms with Gasteiger partial charge in [0.15, 0.2) is 5.96 Å². The maximum absolute atomic E-state index is 4.28. The fourth-order valence-corrected chi connectivity index (χ4v) is 3.06. The SMILES string of the molecule is CCCCCNC(=NC)NCCCN1CCc2ccccc2C1.I. The topological polar surface area (TPSA) is 39.7 Å². The Balaban J connectivity index is 0.00000288.